The van der Waals surface area contributed by atoms with Crippen molar-refractivity contribution >= 4 is 11.9 Å². The first-order chi connectivity index (χ1) is 9.95. The Morgan fingerprint density at radius 1 is 1.19 bits per heavy atom. The number of amides is 1. The Morgan fingerprint density at radius 2 is 1.81 bits per heavy atom. The van der Waals surface area contributed by atoms with Gasteiger partial charge in [0, 0.05) is 6.54 Å². The van der Waals surface area contributed by atoms with Crippen molar-refractivity contribution in [1.29, 1.82) is 0 Å². The van der Waals surface area contributed by atoms with E-state index in [-0.39, 0.29) is 18.4 Å². The molecule has 0 saturated carbocycles. The van der Waals surface area contributed by atoms with Crippen molar-refractivity contribution in [1.82, 2.24) is 5.32 Å². The van der Waals surface area contributed by atoms with Crippen LogP contribution in [-0.2, 0) is 9.59 Å². The molecular formula is C17H25NO3. The molecule has 0 heterocycles. The van der Waals surface area contributed by atoms with E-state index in [2.05, 4.69) is 5.32 Å². The summed E-state index contributed by atoms with van der Waals surface area (Å²) in [6.07, 6.45) is 1.26. The highest BCUT2D eigenvalue weighted by molar-refractivity contribution is 5.84. The van der Waals surface area contributed by atoms with Crippen molar-refractivity contribution in [2.75, 3.05) is 6.54 Å². The standard InChI is InChI=1S/C17H25NO3/c1-4-15(13-8-6-5-7-9-13)16(19)18-11-14(17(20)21)10-12(2)3/h5-9,12,14-15H,4,10-11H2,1-3H3,(H,18,19)(H,20,21). The van der Waals surface area contributed by atoms with Crippen molar-refractivity contribution < 1.29 is 14.7 Å². The molecule has 1 amide bonds. The number of hydrogen-bond acceptors (Lipinski definition) is 2. The minimum atomic E-state index is -0.850. The number of carbonyl (C=O) groups is 2. The minimum absolute atomic E-state index is 0.0984. The third-order valence-corrected chi connectivity index (χ3v) is 3.55. The normalized spacial score (nSPS) is 13.7. The number of nitrogens with one attached hydrogen (secondary N) is 1. The molecular weight excluding hydrogens is 266 g/mol. The van der Waals surface area contributed by atoms with E-state index in [1.807, 2.05) is 51.1 Å². The Labute approximate surface area is 126 Å². The van der Waals surface area contributed by atoms with E-state index in [9.17, 15) is 14.7 Å². The Kier molecular flexibility index (Phi) is 6.92. The molecule has 1 aromatic rings. The van der Waals surface area contributed by atoms with E-state index >= 15 is 0 Å². The molecule has 4 heteroatoms. The summed E-state index contributed by atoms with van der Waals surface area (Å²) in [6.45, 7) is 6.11. The topological polar surface area (TPSA) is 66.4 Å². The zero-order valence-corrected chi connectivity index (χ0v) is 13.0. The smallest absolute Gasteiger partial charge is 0.308 e. The second-order valence-corrected chi connectivity index (χ2v) is 5.78. The van der Waals surface area contributed by atoms with E-state index in [1.54, 1.807) is 0 Å². The molecule has 1 rings (SSSR count). The van der Waals surface area contributed by atoms with Crippen LogP contribution in [0.25, 0.3) is 0 Å². The van der Waals surface area contributed by atoms with Gasteiger partial charge in [0.25, 0.3) is 0 Å². The molecule has 2 N–H and O–H groups in total. The maximum atomic E-state index is 12.3. The fourth-order valence-electron chi connectivity index (χ4n) is 2.45. The summed E-state index contributed by atoms with van der Waals surface area (Å²) >= 11 is 0. The Hall–Kier alpha value is -1.84. The van der Waals surface area contributed by atoms with Gasteiger partial charge in [-0.3, -0.25) is 9.59 Å². The van der Waals surface area contributed by atoms with Crippen LogP contribution in [-0.4, -0.2) is 23.5 Å². The average molecular weight is 291 g/mol. The summed E-state index contributed by atoms with van der Waals surface area (Å²) in [6, 6.07) is 9.58. The molecule has 2 atom stereocenters. The Morgan fingerprint density at radius 3 is 2.29 bits per heavy atom. The molecule has 0 aliphatic carbocycles. The van der Waals surface area contributed by atoms with Crippen molar-refractivity contribution in [3.63, 3.8) is 0 Å². The fourth-order valence-corrected chi connectivity index (χ4v) is 2.45. The van der Waals surface area contributed by atoms with Gasteiger partial charge in [0.05, 0.1) is 11.8 Å². The van der Waals surface area contributed by atoms with Crippen molar-refractivity contribution in [2.24, 2.45) is 11.8 Å². The number of carboxylic acid groups (broad SMARTS) is 1. The maximum Gasteiger partial charge on any atom is 0.308 e. The maximum absolute atomic E-state index is 12.3. The third-order valence-electron chi connectivity index (χ3n) is 3.55. The van der Waals surface area contributed by atoms with Crippen molar-refractivity contribution in [3.05, 3.63) is 35.9 Å². The van der Waals surface area contributed by atoms with Gasteiger partial charge >= 0.3 is 5.97 Å². The number of carbonyl (C=O) groups excluding carboxylic acids is 1. The molecule has 0 aliphatic rings. The molecule has 0 saturated heterocycles. The highest BCUT2D eigenvalue weighted by atomic mass is 16.4. The van der Waals surface area contributed by atoms with E-state index in [0.717, 1.165) is 5.56 Å². The highest BCUT2D eigenvalue weighted by Gasteiger charge is 2.23. The van der Waals surface area contributed by atoms with Gasteiger partial charge < -0.3 is 10.4 Å². The summed E-state index contributed by atoms with van der Waals surface area (Å²) in [4.78, 5) is 23.5. The first kappa shape index (κ1) is 17.2. The number of hydrogen-bond donors (Lipinski definition) is 2. The Bertz CT molecular complexity index is 456. The van der Waals surface area contributed by atoms with Crippen LogP contribution >= 0.6 is 0 Å². The van der Waals surface area contributed by atoms with Gasteiger partial charge in [0.2, 0.25) is 5.91 Å². The van der Waals surface area contributed by atoms with Gasteiger partial charge in [0.15, 0.2) is 0 Å². The summed E-state index contributed by atoms with van der Waals surface area (Å²) in [5.74, 6) is -1.41. The van der Waals surface area contributed by atoms with E-state index in [1.165, 1.54) is 0 Å². The summed E-state index contributed by atoms with van der Waals surface area (Å²) < 4.78 is 0. The molecule has 116 valence electrons. The van der Waals surface area contributed by atoms with Gasteiger partial charge in [-0.25, -0.2) is 0 Å². The molecule has 0 aromatic heterocycles. The minimum Gasteiger partial charge on any atom is -0.481 e. The zero-order chi connectivity index (χ0) is 15.8. The second-order valence-electron chi connectivity index (χ2n) is 5.78. The van der Waals surface area contributed by atoms with Crippen LogP contribution in [0.4, 0.5) is 0 Å². The monoisotopic (exact) mass is 291 g/mol. The largest absolute Gasteiger partial charge is 0.481 e. The summed E-state index contributed by atoms with van der Waals surface area (Å²) in [7, 11) is 0. The molecule has 2 unspecified atom stereocenters. The first-order valence-electron chi connectivity index (χ1n) is 7.51. The first-order valence-corrected chi connectivity index (χ1v) is 7.51. The molecule has 21 heavy (non-hydrogen) atoms. The molecule has 1 aromatic carbocycles. The molecule has 0 spiro atoms. The van der Waals surface area contributed by atoms with Gasteiger partial charge in [-0.15, -0.1) is 0 Å². The SMILES string of the molecule is CCC(C(=O)NCC(CC(C)C)C(=O)O)c1ccccc1. The van der Waals surface area contributed by atoms with E-state index < -0.39 is 11.9 Å². The van der Waals surface area contributed by atoms with E-state index in [4.69, 9.17) is 0 Å². The summed E-state index contributed by atoms with van der Waals surface area (Å²) in [5, 5.41) is 12.0. The van der Waals surface area contributed by atoms with Crippen LogP contribution in [0.3, 0.4) is 0 Å². The Balaban J connectivity index is 2.64. The zero-order valence-electron chi connectivity index (χ0n) is 13.0. The van der Waals surface area contributed by atoms with Crippen LogP contribution in [0.5, 0.6) is 0 Å². The lowest BCUT2D eigenvalue weighted by Crippen LogP contribution is -2.36. The van der Waals surface area contributed by atoms with Crippen LogP contribution in [0.2, 0.25) is 0 Å². The fraction of sp³-hybridized carbons (Fsp3) is 0.529. The second kappa shape index (κ2) is 8.45. The van der Waals surface area contributed by atoms with Crippen molar-refractivity contribution in [3.8, 4) is 0 Å². The van der Waals surface area contributed by atoms with Gasteiger partial charge in [-0.2, -0.15) is 0 Å². The lowest BCUT2D eigenvalue weighted by molar-refractivity contribution is -0.142. The van der Waals surface area contributed by atoms with Gasteiger partial charge in [0.1, 0.15) is 0 Å². The average Bonchev–Trinajstić information content (AvgIpc) is 2.44. The van der Waals surface area contributed by atoms with E-state index in [0.29, 0.717) is 18.8 Å². The van der Waals surface area contributed by atoms with Gasteiger partial charge in [-0.1, -0.05) is 51.1 Å². The lowest BCUT2D eigenvalue weighted by atomic mass is 9.94. The number of aliphatic carboxylic acids is 1. The van der Waals surface area contributed by atoms with Crippen LogP contribution in [0.15, 0.2) is 30.3 Å². The predicted molar refractivity (Wildman–Crippen MR) is 83.1 cm³/mol. The number of benzene rings is 1. The molecule has 0 aliphatic heterocycles. The van der Waals surface area contributed by atoms with Crippen LogP contribution in [0, 0.1) is 11.8 Å². The quantitative estimate of drug-likeness (QED) is 0.773. The number of carboxylic acids is 1. The third kappa shape index (κ3) is 5.58. The van der Waals surface area contributed by atoms with Crippen molar-refractivity contribution in [2.45, 2.75) is 39.5 Å². The predicted octanol–water partition coefficient (Wildman–Crippen LogP) is 3.04. The highest BCUT2D eigenvalue weighted by Crippen LogP contribution is 2.19. The summed E-state index contributed by atoms with van der Waals surface area (Å²) in [5.41, 5.74) is 0.966. The molecule has 4 nitrogen and oxygen atoms in total. The molecule has 0 radical (unpaired) electrons. The molecule has 0 bridgehead atoms. The van der Waals surface area contributed by atoms with Gasteiger partial charge in [-0.05, 0) is 24.3 Å². The van der Waals surface area contributed by atoms with Crippen LogP contribution < -0.4 is 5.32 Å². The molecule has 0 fully saturated rings. The number of rotatable bonds is 8. The lowest BCUT2D eigenvalue weighted by Gasteiger charge is -2.19. The van der Waals surface area contributed by atoms with Crippen LogP contribution in [0.1, 0.15) is 45.1 Å².